The maximum atomic E-state index is 5.61. The lowest BCUT2D eigenvalue weighted by Crippen LogP contribution is -1.99. The second-order valence-corrected chi connectivity index (χ2v) is 4.57. The topological polar surface area (TPSA) is 61.0 Å². The van der Waals surface area contributed by atoms with Crippen LogP contribution in [0.5, 0.6) is 11.8 Å². The number of aromatic nitrogens is 2. The van der Waals surface area contributed by atoms with Crippen molar-refractivity contribution in [1.29, 1.82) is 0 Å². The molecule has 0 radical (unpaired) electrons. The highest BCUT2D eigenvalue weighted by Crippen LogP contribution is 2.24. The van der Waals surface area contributed by atoms with E-state index < -0.39 is 0 Å². The van der Waals surface area contributed by atoms with Crippen LogP contribution in [-0.4, -0.2) is 9.97 Å². The van der Waals surface area contributed by atoms with Crippen LogP contribution in [0.25, 0.3) is 11.1 Å². The van der Waals surface area contributed by atoms with Crippen LogP contribution in [0.2, 0.25) is 0 Å². The summed E-state index contributed by atoms with van der Waals surface area (Å²) in [6, 6.07) is 18.3. The summed E-state index contributed by atoms with van der Waals surface area (Å²) in [6.07, 6.45) is 3.33. The molecule has 0 atom stereocenters. The summed E-state index contributed by atoms with van der Waals surface area (Å²) in [4.78, 5) is 8.22. The Morgan fingerprint density at radius 3 is 2.05 bits per heavy atom. The van der Waals surface area contributed by atoms with Crippen molar-refractivity contribution in [1.82, 2.24) is 9.97 Å². The Hall–Kier alpha value is -2.72. The van der Waals surface area contributed by atoms with Gasteiger partial charge in [0.2, 0.25) is 0 Å². The monoisotopic (exact) mass is 277 g/mol. The highest BCUT2D eigenvalue weighted by atomic mass is 16.5. The first-order valence-electron chi connectivity index (χ1n) is 6.69. The maximum absolute atomic E-state index is 5.61. The van der Waals surface area contributed by atoms with Gasteiger partial charge in [-0.05, 0) is 23.3 Å². The Morgan fingerprint density at radius 1 is 0.810 bits per heavy atom. The van der Waals surface area contributed by atoms with Crippen molar-refractivity contribution in [3.05, 3.63) is 72.6 Å². The van der Waals surface area contributed by atoms with Gasteiger partial charge in [-0.2, -0.15) is 0 Å². The number of hydrogen-bond acceptors (Lipinski definition) is 4. The van der Waals surface area contributed by atoms with Crippen LogP contribution in [0, 0.1) is 0 Å². The first-order chi connectivity index (χ1) is 10.3. The van der Waals surface area contributed by atoms with Crippen LogP contribution in [0.1, 0.15) is 5.56 Å². The molecule has 0 amide bonds. The molecule has 0 spiro atoms. The van der Waals surface area contributed by atoms with E-state index in [4.69, 9.17) is 10.5 Å². The van der Waals surface area contributed by atoms with Crippen LogP contribution in [0.15, 0.2) is 67.0 Å². The van der Waals surface area contributed by atoms with Gasteiger partial charge >= 0.3 is 6.01 Å². The molecule has 1 aromatic heterocycles. The molecule has 0 fully saturated rings. The summed E-state index contributed by atoms with van der Waals surface area (Å²) < 4.78 is 5.61. The third-order valence-electron chi connectivity index (χ3n) is 3.09. The van der Waals surface area contributed by atoms with Gasteiger partial charge in [0.15, 0.2) is 0 Å². The van der Waals surface area contributed by atoms with E-state index in [1.165, 1.54) is 5.56 Å². The number of rotatable bonds is 4. The molecular formula is C17H15N3O. The first-order valence-corrected chi connectivity index (χ1v) is 6.69. The lowest BCUT2D eigenvalue weighted by molar-refractivity contribution is 0.441. The number of ether oxygens (including phenoxy) is 1. The molecule has 0 saturated carbocycles. The summed E-state index contributed by atoms with van der Waals surface area (Å²) in [7, 11) is 0. The molecule has 2 N–H and O–H groups in total. The average molecular weight is 277 g/mol. The van der Waals surface area contributed by atoms with Gasteiger partial charge in [0.25, 0.3) is 0 Å². The first kappa shape index (κ1) is 13.3. The Balaban J connectivity index is 1.75. The van der Waals surface area contributed by atoms with Gasteiger partial charge in [0.05, 0.1) is 0 Å². The third kappa shape index (κ3) is 3.24. The number of nitrogens with zero attached hydrogens (tertiary/aromatic N) is 2. The molecule has 0 saturated heterocycles. The molecular weight excluding hydrogens is 262 g/mol. The summed E-state index contributed by atoms with van der Waals surface area (Å²) in [5.74, 6) is 0.704. The Labute approximate surface area is 123 Å². The summed E-state index contributed by atoms with van der Waals surface area (Å²) in [5.41, 5.74) is 8.69. The fourth-order valence-electron chi connectivity index (χ4n) is 1.95. The van der Waals surface area contributed by atoms with Crippen molar-refractivity contribution in [3.63, 3.8) is 0 Å². The standard InChI is InChI=1S/C17H15N3O/c18-10-13-11-19-17(20-12-13)21-16-8-6-15(7-9-16)14-4-2-1-3-5-14/h1-9,11-12H,10,18H2. The fraction of sp³-hybridized carbons (Fsp3) is 0.0588. The molecule has 4 heteroatoms. The molecule has 2 aromatic carbocycles. The van der Waals surface area contributed by atoms with Gasteiger partial charge in [-0.3, -0.25) is 0 Å². The van der Waals surface area contributed by atoms with Crippen molar-refractivity contribution < 1.29 is 4.74 Å². The number of hydrogen-bond donors (Lipinski definition) is 1. The van der Waals surface area contributed by atoms with Crippen LogP contribution >= 0.6 is 0 Å². The third-order valence-corrected chi connectivity index (χ3v) is 3.09. The largest absolute Gasteiger partial charge is 0.424 e. The van der Waals surface area contributed by atoms with Crippen molar-refractivity contribution in [3.8, 4) is 22.9 Å². The maximum Gasteiger partial charge on any atom is 0.321 e. The zero-order valence-corrected chi connectivity index (χ0v) is 11.4. The van der Waals surface area contributed by atoms with Gasteiger partial charge in [-0.15, -0.1) is 0 Å². The van der Waals surface area contributed by atoms with Crippen LogP contribution in [-0.2, 0) is 6.54 Å². The van der Waals surface area contributed by atoms with E-state index in [0.717, 1.165) is 11.1 Å². The average Bonchev–Trinajstić information content (AvgIpc) is 2.57. The van der Waals surface area contributed by atoms with E-state index in [1.54, 1.807) is 12.4 Å². The van der Waals surface area contributed by atoms with E-state index in [1.807, 2.05) is 42.5 Å². The molecule has 21 heavy (non-hydrogen) atoms. The minimum Gasteiger partial charge on any atom is -0.424 e. The van der Waals surface area contributed by atoms with E-state index in [2.05, 4.69) is 22.1 Å². The van der Waals surface area contributed by atoms with Crippen molar-refractivity contribution >= 4 is 0 Å². The molecule has 1 heterocycles. The molecule has 0 bridgehead atoms. The van der Waals surface area contributed by atoms with Gasteiger partial charge in [0, 0.05) is 24.5 Å². The fourth-order valence-corrected chi connectivity index (χ4v) is 1.95. The zero-order valence-electron chi connectivity index (χ0n) is 11.4. The van der Waals surface area contributed by atoms with Crippen molar-refractivity contribution in [2.45, 2.75) is 6.54 Å². The van der Waals surface area contributed by atoms with Crippen LogP contribution < -0.4 is 10.5 Å². The predicted octanol–water partition coefficient (Wildman–Crippen LogP) is 3.39. The Morgan fingerprint density at radius 2 is 1.43 bits per heavy atom. The van der Waals surface area contributed by atoms with Crippen molar-refractivity contribution in [2.24, 2.45) is 5.73 Å². The van der Waals surface area contributed by atoms with Crippen LogP contribution in [0.3, 0.4) is 0 Å². The molecule has 104 valence electrons. The van der Waals surface area contributed by atoms with Gasteiger partial charge < -0.3 is 10.5 Å². The SMILES string of the molecule is NCc1cnc(Oc2ccc(-c3ccccc3)cc2)nc1. The zero-order chi connectivity index (χ0) is 14.5. The molecule has 0 unspecified atom stereocenters. The predicted molar refractivity (Wildman–Crippen MR) is 81.9 cm³/mol. The second kappa shape index (κ2) is 6.15. The lowest BCUT2D eigenvalue weighted by Gasteiger charge is -2.06. The molecule has 4 nitrogen and oxygen atoms in total. The van der Waals surface area contributed by atoms with E-state index in [9.17, 15) is 0 Å². The van der Waals surface area contributed by atoms with Gasteiger partial charge in [0.1, 0.15) is 5.75 Å². The second-order valence-electron chi connectivity index (χ2n) is 4.57. The van der Waals surface area contributed by atoms with Crippen molar-refractivity contribution in [2.75, 3.05) is 0 Å². The Bertz CT molecular complexity index is 694. The minimum atomic E-state index is 0.319. The number of nitrogens with two attached hydrogens (primary N) is 1. The smallest absolute Gasteiger partial charge is 0.321 e. The summed E-state index contributed by atoms with van der Waals surface area (Å²) >= 11 is 0. The molecule has 0 aliphatic carbocycles. The van der Waals surface area contributed by atoms with Crippen LogP contribution in [0.4, 0.5) is 0 Å². The van der Waals surface area contributed by atoms with E-state index >= 15 is 0 Å². The quantitative estimate of drug-likeness (QED) is 0.794. The summed E-state index contributed by atoms with van der Waals surface area (Å²) in [5, 5.41) is 0. The summed E-state index contributed by atoms with van der Waals surface area (Å²) in [6.45, 7) is 0.423. The highest BCUT2D eigenvalue weighted by molar-refractivity contribution is 5.63. The van der Waals surface area contributed by atoms with E-state index in [0.29, 0.717) is 18.3 Å². The molecule has 3 aromatic rings. The molecule has 0 aliphatic rings. The Kier molecular flexibility index (Phi) is 3.89. The molecule has 3 rings (SSSR count). The lowest BCUT2D eigenvalue weighted by atomic mass is 10.1. The van der Waals surface area contributed by atoms with Gasteiger partial charge in [-0.1, -0.05) is 42.5 Å². The minimum absolute atomic E-state index is 0.319. The highest BCUT2D eigenvalue weighted by Gasteiger charge is 2.02. The number of benzene rings is 2. The van der Waals surface area contributed by atoms with E-state index in [-0.39, 0.29) is 0 Å². The van der Waals surface area contributed by atoms with Gasteiger partial charge in [-0.25, -0.2) is 9.97 Å². The normalized spacial score (nSPS) is 10.3. The molecule has 0 aliphatic heterocycles.